The summed E-state index contributed by atoms with van der Waals surface area (Å²) in [4.78, 5) is 9.70. The lowest BCUT2D eigenvalue weighted by molar-refractivity contribution is 0.457. The second-order valence-electron chi connectivity index (χ2n) is 5.25. The van der Waals surface area contributed by atoms with E-state index in [1.165, 1.54) is 11.3 Å². The average molecular weight is 256 g/mol. The van der Waals surface area contributed by atoms with Crippen LogP contribution in [0.2, 0.25) is 0 Å². The highest BCUT2D eigenvalue weighted by Crippen LogP contribution is 2.27. The number of hydrogen-bond acceptors (Lipinski definition) is 3. The number of fused-ring (bicyclic) bond motifs is 1. The lowest BCUT2D eigenvalue weighted by Crippen LogP contribution is -2.37. The van der Waals surface area contributed by atoms with Gasteiger partial charge in [-0.3, -0.25) is 0 Å². The molecule has 100 valence electrons. The molecule has 1 aliphatic rings. The molecule has 1 atom stereocenters. The maximum atomic E-state index is 4.22. The minimum absolute atomic E-state index is 0.662. The molecule has 0 amide bonds. The normalized spacial score (nSPS) is 18.4. The molecule has 0 bridgehead atoms. The van der Waals surface area contributed by atoms with E-state index in [1.807, 2.05) is 6.20 Å². The van der Waals surface area contributed by atoms with Crippen molar-refractivity contribution >= 4 is 5.69 Å². The molecule has 0 fully saturated rings. The molecule has 0 saturated heterocycles. The molecular weight excluding hydrogens is 236 g/mol. The zero-order chi connectivity index (χ0) is 13.1. The van der Waals surface area contributed by atoms with E-state index < -0.39 is 0 Å². The molecule has 3 rings (SSSR count). The van der Waals surface area contributed by atoms with E-state index in [0.717, 1.165) is 31.9 Å². The number of anilines is 1. The zero-order valence-electron chi connectivity index (χ0n) is 11.3. The summed E-state index contributed by atoms with van der Waals surface area (Å²) in [6.45, 7) is 2.95. The fraction of sp³-hybridized carbons (Fsp3) is 0.400. The highest BCUT2D eigenvalue weighted by Gasteiger charge is 2.21. The number of aromatic amines is 1. The molecular formula is C15H20N4. The molecule has 2 heterocycles. The van der Waals surface area contributed by atoms with Gasteiger partial charge in [-0.2, -0.15) is 0 Å². The molecule has 4 nitrogen and oxygen atoms in total. The second-order valence-corrected chi connectivity index (χ2v) is 5.25. The van der Waals surface area contributed by atoms with Crippen LogP contribution >= 0.6 is 0 Å². The Kier molecular flexibility index (Phi) is 3.51. The van der Waals surface area contributed by atoms with Gasteiger partial charge in [0.25, 0.3) is 0 Å². The van der Waals surface area contributed by atoms with E-state index in [2.05, 4.69) is 51.5 Å². The smallest absolute Gasteiger partial charge is 0.120 e. The molecule has 19 heavy (non-hydrogen) atoms. The van der Waals surface area contributed by atoms with Gasteiger partial charge >= 0.3 is 0 Å². The van der Waals surface area contributed by atoms with Gasteiger partial charge in [0.05, 0.1) is 6.54 Å². The first kappa shape index (κ1) is 12.2. The van der Waals surface area contributed by atoms with E-state index in [0.29, 0.717) is 5.92 Å². The molecule has 0 unspecified atom stereocenters. The summed E-state index contributed by atoms with van der Waals surface area (Å²) in [5, 5.41) is 3.49. The van der Waals surface area contributed by atoms with Crippen molar-refractivity contribution in [2.75, 3.05) is 25.0 Å². The zero-order valence-corrected chi connectivity index (χ0v) is 11.3. The van der Waals surface area contributed by atoms with Gasteiger partial charge in [-0.15, -0.1) is 0 Å². The summed E-state index contributed by atoms with van der Waals surface area (Å²) in [6, 6.07) is 8.70. The number of nitrogens with zero attached hydrogens (tertiary/aromatic N) is 2. The van der Waals surface area contributed by atoms with Crippen LogP contribution in [0.1, 0.15) is 11.4 Å². The van der Waals surface area contributed by atoms with E-state index in [4.69, 9.17) is 0 Å². The Morgan fingerprint density at radius 2 is 2.32 bits per heavy atom. The highest BCUT2D eigenvalue weighted by molar-refractivity contribution is 5.55. The molecule has 0 aliphatic carbocycles. The van der Waals surface area contributed by atoms with Crippen LogP contribution in [0.4, 0.5) is 5.69 Å². The summed E-state index contributed by atoms with van der Waals surface area (Å²) in [6.07, 6.45) is 4.81. The first-order valence-corrected chi connectivity index (χ1v) is 6.81. The first-order valence-electron chi connectivity index (χ1n) is 6.81. The van der Waals surface area contributed by atoms with E-state index in [9.17, 15) is 0 Å². The number of imidazole rings is 1. The predicted molar refractivity (Wildman–Crippen MR) is 77.2 cm³/mol. The molecule has 2 aromatic rings. The minimum atomic E-state index is 0.662. The number of H-pyrrole nitrogens is 1. The largest absolute Gasteiger partial charge is 0.374 e. The van der Waals surface area contributed by atoms with Crippen molar-refractivity contribution in [1.82, 2.24) is 15.3 Å². The number of benzene rings is 1. The quantitative estimate of drug-likeness (QED) is 0.877. The van der Waals surface area contributed by atoms with Crippen molar-refractivity contribution < 1.29 is 0 Å². The monoisotopic (exact) mass is 256 g/mol. The Bertz CT molecular complexity index is 521. The summed E-state index contributed by atoms with van der Waals surface area (Å²) in [7, 11) is 2.18. The van der Waals surface area contributed by atoms with Crippen LogP contribution in [0.5, 0.6) is 0 Å². The van der Waals surface area contributed by atoms with Crippen molar-refractivity contribution in [2.24, 2.45) is 5.92 Å². The fourth-order valence-electron chi connectivity index (χ4n) is 2.84. The first-order chi connectivity index (χ1) is 9.33. The van der Waals surface area contributed by atoms with Crippen molar-refractivity contribution in [3.8, 4) is 0 Å². The Labute approximate surface area is 113 Å². The second kappa shape index (κ2) is 5.45. The lowest BCUT2D eigenvalue weighted by Gasteiger charge is -2.33. The third-order valence-electron chi connectivity index (χ3n) is 3.72. The SMILES string of the molecule is CN1C[C@@H](CNCc2ncc[nH]2)Cc2ccccc21. The van der Waals surface area contributed by atoms with Gasteiger partial charge in [0.1, 0.15) is 5.82 Å². The molecule has 1 aliphatic heterocycles. The molecule has 1 aromatic carbocycles. The maximum absolute atomic E-state index is 4.22. The number of para-hydroxylation sites is 1. The summed E-state index contributed by atoms with van der Waals surface area (Å²) in [5.74, 6) is 1.67. The van der Waals surface area contributed by atoms with Gasteiger partial charge in [0.15, 0.2) is 0 Å². The van der Waals surface area contributed by atoms with Gasteiger partial charge in [-0.1, -0.05) is 18.2 Å². The van der Waals surface area contributed by atoms with Crippen molar-refractivity contribution in [2.45, 2.75) is 13.0 Å². The topological polar surface area (TPSA) is 44.0 Å². The summed E-state index contributed by atoms with van der Waals surface area (Å²) >= 11 is 0. The molecule has 0 radical (unpaired) electrons. The van der Waals surface area contributed by atoms with E-state index in [1.54, 1.807) is 6.20 Å². The molecule has 0 spiro atoms. The van der Waals surface area contributed by atoms with Crippen molar-refractivity contribution in [3.63, 3.8) is 0 Å². The third kappa shape index (κ3) is 2.79. The standard InChI is InChI=1S/C15H20N4/c1-19-11-12(8-13-4-2-3-5-14(13)19)9-16-10-15-17-6-7-18-15/h2-7,12,16H,8-11H2,1H3,(H,17,18)/t12-/m1/s1. The third-order valence-corrected chi connectivity index (χ3v) is 3.72. The maximum Gasteiger partial charge on any atom is 0.120 e. The van der Waals surface area contributed by atoms with Crippen LogP contribution in [0.3, 0.4) is 0 Å². The van der Waals surface area contributed by atoms with Crippen LogP contribution in [-0.4, -0.2) is 30.1 Å². The number of aromatic nitrogens is 2. The average Bonchev–Trinajstić information content (AvgIpc) is 2.92. The van der Waals surface area contributed by atoms with E-state index in [-0.39, 0.29) is 0 Å². The minimum Gasteiger partial charge on any atom is -0.374 e. The summed E-state index contributed by atoms with van der Waals surface area (Å²) in [5.41, 5.74) is 2.84. The molecule has 0 saturated carbocycles. The molecule has 1 aromatic heterocycles. The fourth-order valence-corrected chi connectivity index (χ4v) is 2.84. The van der Waals surface area contributed by atoms with E-state index >= 15 is 0 Å². The Morgan fingerprint density at radius 3 is 3.16 bits per heavy atom. The van der Waals surface area contributed by atoms with Gasteiger partial charge in [-0.25, -0.2) is 4.98 Å². The van der Waals surface area contributed by atoms with Crippen LogP contribution in [0.25, 0.3) is 0 Å². The van der Waals surface area contributed by atoms with Gasteiger partial charge in [-0.05, 0) is 24.0 Å². The predicted octanol–water partition coefficient (Wildman–Crippen LogP) is 1.81. The van der Waals surface area contributed by atoms with Crippen molar-refractivity contribution in [1.29, 1.82) is 0 Å². The highest BCUT2D eigenvalue weighted by atomic mass is 15.1. The number of nitrogens with one attached hydrogen (secondary N) is 2. The van der Waals surface area contributed by atoms with Crippen LogP contribution < -0.4 is 10.2 Å². The van der Waals surface area contributed by atoms with Gasteiger partial charge in [0.2, 0.25) is 0 Å². The van der Waals surface area contributed by atoms with Crippen LogP contribution in [-0.2, 0) is 13.0 Å². The molecule has 4 heteroatoms. The van der Waals surface area contributed by atoms with Crippen LogP contribution in [0, 0.1) is 5.92 Å². The Hall–Kier alpha value is -1.81. The van der Waals surface area contributed by atoms with Gasteiger partial charge < -0.3 is 15.2 Å². The number of rotatable bonds is 4. The number of hydrogen-bond donors (Lipinski definition) is 2. The Morgan fingerprint density at radius 1 is 1.42 bits per heavy atom. The lowest BCUT2D eigenvalue weighted by atomic mass is 9.93. The van der Waals surface area contributed by atoms with Crippen molar-refractivity contribution in [3.05, 3.63) is 48.0 Å². The Balaban J connectivity index is 1.56. The summed E-state index contributed by atoms with van der Waals surface area (Å²) < 4.78 is 0. The molecule has 2 N–H and O–H groups in total. The van der Waals surface area contributed by atoms with Crippen LogP contribution in [0.15, 0.2) is 36.7 Å². The van der Waals surface area contributed by atoms with Gasteiger partial charge in [0, 0.05) is 38.2 Å².